The summed E-state index contributed by atoms with van der Waals surface area (Å²) < 4.78 is 34.7. The Hall–Kier alpha value is -2.30. The van der Waals surface area contributed by atoms with Gasteiger partial charge in [0.1, 0.15) is 29.2 Å². The molecule has 3 atom stereocenters. The fourth-order valence-electron chi connectivity index (χ4n) is 4.99. The third-order valence-electron chi connectivity index (χ3n) is 7.28. The van der Waals surface area contributed by atoms with E-state index in [2.05, 4.69) is 31.4 Å². The SMILES string of the molecule is COc1ccc(OCC(O)CNc2sc3c(c2C(=O)NC2CCS(=O)(=O)C2)CCC(C(C)(C)C)C3)cc1. The van der Waals surface area contributed by atoms with Crippen LogP contribution in [0.1, 0.15) is 54.4 Å². The largest absolute Gasteiger partial charge is 0.497 e. The van der Waals surface area contributed by atoms with Crippen LogP contribution in [0.25, 0.3) is 0 Å². The van der Waals surface area contributed by atoms with Gasteiger partial charge < -0.3 is 25.2 Å². The van der Waals surface area contributed by atoms with E-state index in [0.717, 1.165) is 35.6 Å². The number of carbonyl (C=O) groups is 1. The lowest BCUT2D eigenvalue weighted by molar-refractivity contribution is 0.0940. The van der Waals surface area contributed by atoms with Crippen LogP contribution in [0.5, 0.6) is 11.5 Å². The number of thiophene rings is 1. The summed E-state index contributed by atoms with van der Waals surface area (Å²) in [5.41, 5.74) is 1.82. The third-order valence-corrected chi connectivity index (χ3v) is 10.3. The molecule has 204 valence electrons. The molecule has 2 aliphatic rings. The van der Waals surface area contributed by atoms with E-state index in [0.29, 0.717) is 23.7 Å². The van der Waals surface area contributed by atoms with Gasteiger partial charge in [-0.05, 0) is 66.8 Å². The topological polar surface area (TPSA) is 114 Å². The van der Waals surface area contributed by atoms with Crippen LogP contribution in [0.15, 0.2) is 24.3 Å². The van der Waals surface area contributed by atoms with E-state index >= 15 is 0 Å². The lowest BCUT2D eigenvalue weighted by Crippen LogP contribution is -2.36. The second kappa shape index (κ2) is 11.2. The molecule has 10 heteroatoms. The monoisotopic (exact) mass is 550 g/mol. The van der Waals surface area contributed by atoms with E-state index in [1.54, 1.807) is 42.7 Å². The van der Waals surface area contributed by atoms with Gasteiger partial charge >= 0.3 is 0 Å². The van der Waals surface area contributed by atoms with Gasteiger partial charge in [0, 0.05) is 17.5 Å². The Balaban J connectivity index is 1.46. The van der Waals surface area contributed by atoms with Gasteiger partial charge in [-0.25, -0.2) is 8.42 Å². The molecule has 1 aromatic heterocycles. The van der Waals surface area contributed by atoms with Gasteiger partial charge in [0.05, 0.1) is 24.2 Å². The van der Waals surface area contributed by atoms with Crippen molar-refractivity contribution in [3.05, 3.63) is 40.3 Å². The number of fused-ring (bicyclic) bond motifs is 1. The molecule has 2 aromatic rings. The number of sulfone groups is 1. The zero-order valence-electron chi connectivity index (χ0n) is 22.0. The Bertz CT molecular complexity index is 1200. The maximum Gasteiger partial charge on any atom is 0.254 e. The number of carbonyl (C=O) groups excluding carboxylic acids is 1. The van der Waals surface area contributed by atoms with Crippen molar-refractivity contribution >= 4 is 32.1 Å². The fraction of sp³-hybridized carbons (Fsp3) is 0.593. The summed E-state index contributed by atoms with van der Waals surface area (Å²) >= 11 is 1.57. The van der Waals surface area contributed by atoms with Gasteiger partial charge in [-0.3, -0.25) is 4.79 Å². The first-order valence-corrected chi connectivity index (χ1v) is 15.4. The van der Waals surface area contributed by atoms with E-state index in [-0.39, 0.29) is 42.0 Å². The molecular weight excluding hydrogens is 512 g/mol. The van der Waals surface area contributed by atoms with Crippen molar-refractivity contribution in [3.63, 3.8) is 0 Å². The standard InChI is InChI=1S/C27H38N2O6S2/c1-27(2,3)17-5-10-22-23(13-17)36-26(24(22)25(31)29-18-11-12-37(32,33)16-18)28-14-19(30)15-35-21-8-6-20(34-4)7-9-21/h6-9,17-19,28,30H,5,10-16H2,1-4H3,(H,29,31). The maximum absolute atomic E-state index is 13.4. The Morgan fingerprint density at radius 3 is 2.51 bits per heavy atom. The van der Waals surface area contributed by atoms with Crippen LogP contribution in [-0.2, 0) is 22.7 Å². The molecule has 1 amide bonds. The van der Waals surface area contributed by atoms with Gasteiger partial charge in [0.2, 0.25) is 0 Å². The molecular formula is C27H38N2O6S2. The molecule has 1 aromatic carbocycles. The molecule has 0 bridgehead atoms. The van der Waals surface area contributed by atoms with E-state index in [4.69, 9.17) is 9.47 Å². The molecule has 2 heterocycles. The minimum Gasteiger partial charge on any atom is -0.497 e. The number of hydrogen-bond acceptors (Lipinski definition) is 8. The summed E-state index contributed by atoms with van der Waals surface area (Å²) in [5, 5.41) is 17.5. The van der Waals surface area contributed by atoms with Crippen molar-refractivity contribution in [2.75, 3.05) is 37.1 Å². The van der Waals surface area contributed by atoms with Crippen LogP contribution in [0.3, 0.4) is 0 Å². The molecule has 0 radical (unpaired) electrons. The second-order valence-electron chi connectivity index (χ2n) is 11.1. The summed E-state index contributed by atoms with van der Waals surface area (Å²) in [6.45, 7) is 7.07. The van der Waals surface area contributed by atoms with Crippen LogP contribution in [0.4, 0.5) is 5.00 Å². The van der Waals surface area contributed by atoms with Crippen LogP contribution >= 0.6 is 11.3 Å². The van der Waals surface area contributed by atoms with E-state index < -0.39 is 15.9 Å². The van der Waals surface area contributed by atoms with Crippen LogP contribution < -0.4 is 20.1 Å². The summed E-state index contributed by atoms with van der Waals surface area (Å²) in [4.78, 5) is 14.6. The summed E-state index contributed by atoms with van der Waals surface area (Å²) in [6, 6.07) is 6.78. The molecule has 3 unspecified atom stereocenters. The summed E-state index contributed by atoms with van der Waals surface area (Å²) in [6.07, 6.45) is 2.37. The van der Waals surface area contributed by atoms with E-state index in [1.165, 1.54) is 4.88 Å². The van der Waals surface area contributed by atoms with Gasteiger partial charge in [-0.1, -0.05) is 20.8 Å². The summed E-state index contributed by atoms with van der Waals surface area (Å²) in [7, 11) is -1.50. The minimum atomic E-state index is -3.10. The Labute approximate surface area is 223 Å². The highest BCUT2D eigenvalue weighted by Crippen LogP contribution is 2.44. The predicted octanol–water partition coefficient (Wildman–Crippen LogP) is 3.68. The Kier molecular flexibility index (Phi) is 8.40. The number of hydrogen-bond donors (Lipinski definition) is 3. The number of aliphatic hydroxyl groups is 1. The van der Waals surface area contributed by atoms with E-state index in [1.807, 2.05) is 0 Å². The van der Waals surface area contributed by atoms with Crippen molar-refractivity contribution in [1.29, 1.82) is 0 Å². The normalized spacial score (nSPS) is 21.6. The Morgan fingerprint density at radius 1 is 1.19 bits per heavy atom. The number of ether oxygens (including phenoxy) is 2. The maximum atomic E-state index is 13.4. The fourth-order valence-corrected chi connectivity index (χ4v) is 8.00. The highest BCUT2D eigenvalue weighted by Gasteiger charge is 2.35. The average Bonchev–Trinajstić information content (AvgIpc) is 3.39. The predicted molar refractivity (Wildman–Crippen MR) is 147 cm³/mol. The average molecular weight is 551 g/mol. The first-order chi connectivity index (χ1) is 17.4. The summed E-state index contributed by atoms with van der Waals surface area (Å²) in [5.74, 6) is 1.74. The molecule has 1 aliphatic heterocycles. The quantitative estimate of drug-likeness (QED) is 0.437. The van der Waals surface area contributed by atoms with Crippen LogP contribution in [0.2, 0.25) is 0 Å². The zero-order valence-corrected chi connectivity index (χ0v) is 23.6. The second-order valence-corrected chi connectivity index (χ2v) is 14.4. The van der Waals surface area contributed by atoms with Crippen molar-refractivity contribution in [3.8, 4) is 11.5 Å². The number of aliphatic hydroxyl groups excluding tert-OH is 1. The molecule has 4 rings (SSSR count). The highest BCUT2D eigenvalue weighted by atomic mass is 32.2. The van der Waals surface area contributed by atoms with Gasteiger partial charge in [-0.15, -0.1) is 11.3 Å². The van der Waals surface area contributed by atoms with Crippen molar-refractivity contribution in [1.82, 2.24) is 5.32 Å². The van der Waals surface area contributed by atoms with Gasteiger partial charge in [-0.2, -0.15) is 0 Å². The number of nitrogens with one attached hydrogen (secondary N) is 2. The number of rotatable bonds is 9. The molecule has 1 saturated heterocycles. The molecule has 0 saturated carbocycles. The number of methoxy groups -OCH3 is 1. The third kappa shape index (κ3) is 6.97. The lowest BCUT2D eigenvalue weighted by atomic mass is 9.72. The first-order valence-electron chi connectivity index (χ1n) is 12.8. The van der Waals surface area contributed by atoms with Crippen molar-refractivity contribution in [2.45, 2.75) is 58.6 Å². The lowest BCUT2D eigenvalue weighted by Gasteiger charge is -2.33. The minimum absolute atomic E-state index is 0.0126. The molecule has 3 N–H and O–H groups in total. The number of benzene rings is 1. The molecule has 37 heavy (non-hydrogen) atoms. The molecule has 8 nitrogen and oxygen atoms in total. The Morgan fingerprint density at radius 2 is 1.89 bits per heavy atom. The van der Waals surface area contributed by atoms with Gasteiger partial charge in [0.15, 0.2) is 9.84 Å². The first kappa shape index (κ1) is 27.7. The molecule has 1 fully saturated rings. The van der Waals surface area contributed by atoms with Gasteiger partial charge in [0.25, 0.3) is 5.91 Å². The number of anilines is 1. The van der Waals surface area contributed by atoms with Crippen LogP contribution in [-0.4, -0.2) is 63.3 Å². The van der Waals surface area contributed by atoms with E-state index in [9.17, 15) is 18.3 Å². The molecule has 0 spiro atoms. The zero-order chi connectivity index (χ0) is 26.8. The molecule has 1 aliphatic carbocycles. The highest BCUT2D eigenvalue weighted by molar-refractivity contribution is 7.91. The number of amides is 1. The van der Waals surface area contributed by atoms with Crippen molar-refractivity contribution in [2.24, 2.45) is 11.3 Å². The van der Waals surface area contributed by atoms with Crippen molar-refractivity contribution < 1.29 is 27.8 Å². The smallest absolute Gasteiger partial charge is 0.254 e. The van der Waals surface area contributed by atoms with Crippen LogP contribution in [0, 0.1) is 11.3 Å².